The van der Waals surface area contributed by atoms with Crippen molar-refractivity contribution in [3.8, 4) is 0 Å². The normalized spacial score (nSPS) is 32.9. The topological polar surface area (TPSA) is 49.8 Å². The highest BCUT2D eigenvalue weighted by atomic mass is 16.5. The summed E-state index contributed by atoms with van der Waals surface area (Å²) in [5, 5.41) is 9.29. The van der Waals surface area contributed by atoms with Gasteiger partial charge in [-0.25, -0.2) is 4.79 Å². The first-order valence-electron chi connectivity index (χ1n) is 5.79. The van der Waals surface area contributed by atoms with E-state index in [1.54, 1.807) is 0 Å². The van der Waals surface area contributed by atoms with Crippen LogP contribution in [0.5, 0.6) is 0 Å². The van der Waals surface area contributed by atoms with Gasteiger partial charge in [0.1, 0.15) is 0 Å². The predicted molar refractivity (Wildman–Crippen MR) is 55.8 cm³/mol. The van der Waals surface area contributed by atoms with E-state index in [1.807, 2.05) is 6.92 Å². The third kappa shape index (κ3) is 2.16. The van der Waals surface area contributed by atoms with Crippen LogP contribution < -0.4 is 0 Å². The number of carbonyl (C=O) groups is 1. The Morgan fingerprint density at radius 2 is 2.33 bits per heavy atom. The molecule has 2 rings (SSSR count). The summed E-state index contributed by atoms with van der Waals surface area (Å²) in [5.41, 5.74) is -0.935. The first-order valence-corrected chi connectivity index (χ1v) is 5.79. The second-order valence-electron chi connectivity index (χ2n) is 4.54. The third-order valence-corrected chi connectivity index (χ3v) is 3.36. The van der Waals surface area contributed by atoms with Crippen molar-refractivity contribution < 1.29 is 14.6 Å². The Bertz CT molecular complexity index is 248. The van der Waals surface area contributed by atoms with Crippen molar-refractivity contribution in [2.24, 2.45) is 0 Å². The molecule has 2 fully saturated rings. The number of hydrogen-bond acceptors (Lipinski definition) is 3. The molecule has 1 heterocycles. The van der Waals surface area contributed by atoms with Crippen LogP contribution in [-0.4, -0.2) is 47.3 Å². The minimum Gasteiger partial charge on any atom is -0.479 e. The molecule has 0 aromatic rings. The van der Waals surface area contributed by atoms with Crippen molar-refractivity contribution >= 4 is 5.97 Å². The molecule has 4 nitrogen and oxygen atoms in total. The van der Waals surface area contributed by atoms with E-state index in [9.17, 15) is 9.90 Å². The Kier molecular flexibility index (Phi) is 2.98. The molecule has 0 aromatic carbocycles. The Labute approximate surface area is 90.2 Å². The molecule has 0 amide bonds. The smallest absolute Gasteiger partial charge is 0.337 e. The van der Waals surface area contributed by atoms with Crippen LogP contribution in [0.2, 0.25) is 0 Å². The van der Waals surface area contributed by atoms with E-state index in [2.05, 4.69) is 4.90 Å². The molecule has 1 saturated heterocycles. The molecule has 0 spiro atoms. The minimum atomic E-state index is -0.935. The van der Waals surface area contributed by atoms with Crippen molar-refractivity contribution in [2.45, 2.75) is 44.2 Å². The molecule has 1 aliphatic heterocycles. The first-order chi connectivity index (χ1) is 7.18. The first kappa shape index (κ1) is 10.9. The van der Waals surface area contributed by atoms with E-state index < -0.39 is 11.6 Å². The molecule has 0 radical (unpaired) electrons. The molecule has 2 aliphatic rings. The quantitative estimate of drug-likeness (QED) is 0.760. The molecule has 1 saturated carbocycles. The molecule has 0 aromatic heterocycles. The van der Waals surface area contributed by atoms with Crippen molar-refractivity contribution in [3.05, 3.63) is 0 Å². The van der Waals surface area contributed by atoms with Gasteiger partial charge < -0.3 is 9.84 Å². The molecule has 1 N–H and O–H groups in total. The molecular weight excluding hydrogens is 194 g/mol. The number of aliphatic carboxylic acids is 1. The highest BCUT2D eigenvalue weighted by molar-refractivity contribution is 5.78. The molecule has 0 bridgehead atoms. The van der Waals surface area contributed by atoms with Crippen LogP contribution in [0.3, 0.4) is 0 Å². The maximum Gasteiger partial charge on any atom is 0.337 e. The van der Waals surface area contributed by atoms with Gasteiger partial charge in [-0.3, -0.25) is 4.90 Å². The molecule has 1 atom stereocenters. The highest BCUT2D eigenvalue weighted by Crippen LogP contribution is 2.34. The van der Waals surface area contributed by atoms with Crippen LogP contribution in [0, 0.1) is 0 Å². The van der Waals surface area contributed by atoms with Gasteiger partial charge in [0.2, 0.25) is 0 Å². The van der Waals surface area contributed by atoms with Gasteiger partial charge in [0.25, 0.3) is 0 Å². The maximum atomic E-state index is 11.3. The monoisotopic (exact) mass is 213 g/mol. The number of carboxylic acids is 1. The number of ether oxygens (including phenoxy) is 1. The fourth-order valence-corrected chi connectivity index (χ4v) is 2.44. The zero-order chi connectivity index (χ0) is 10.9. The Morgan fingerprint density at radius 1 is 1.60 bits per heavy atom. The Balaban J connectivity index is 2.05. The largest absolute Gasteiger partial charge is 0.479 e. The Hall–Kier alpha value is -0.610. The van der Waals surface area contributed by atoms with Crippen molar-refractivity contribution in [3.63, 3.8) is 0 Å². The van der Waals surface area contributed by atoms with Gasteiger partial charge >= 0.3 is 5.97 Å². The summed E-state index contributed by atoms with van der Waals surface area (Å²) in [4.78, 5) is 13.6. The zero-order valence-electron chi connectivity index (χ0n) is 9.24. The van der Waals surface area contributed by atoms with E-state index in [1.165, 1.54) is 12.8 Å². The van der Waals surface area contributed by atoms with Gasteiger partial charge in [-0.15, -0.1) is 0 Å². The number of piperidine rings is 1. The summed E-state index contributed by atoms with van der Waals surface area (Å²) in [6, 6.07) is 0.629. The summed E-state index contributed by atoms with van der Waals surface area (Å²) in [6.07, 6.45) is 4.03. The summed E-state index contributed by atoms with van der Waals surface area (Å²) < 4.78 is 5.50. The van der Waals surface area contributed by atoms with Crippen LogP contribution in [-0.2, 0) is 9.53 Å². The lowest BCUT2D eigenvalue weighted by Gasteiger charge is -2.39. The summed E-state index contributed by atoms with van der Waals surface area (Å²) in [7, 11) is 0. The van der Waals surface area contributed by atoms with Gasteiger partial charge in [-0.1, -0.05) is 0 Å². The SMILES string of the molecule is CCOC1(C(=O)O)CCCN(C2CC2)C1. The Morgan fingerprint density at radius 3 is 2.87 bits per heavy atom. The number of rotatable bonds is 4. The number of nitrogens with zero attached hydrogens (tertiary/aromatic N) is 1. The fraction of sp³-hybridized carbons (Fsp3) is 0.909. The molecule has 4 heteroatoms. The predicted octanol–water partition coefficient (Wildman–Crippen LogP) is 1.10. The van der Waals surface area contributed by atoms with Crippen LogP contribution in [0.15, 0.2) is 0 Å². The second-order valence-corrected chi connectivity index (χ2v) is 4.54. The highest BCUT2D eigenvalue weighted by Gasteiger charge is 2.46. The van der Waals surface area contributed by atoms with Crippen LogP contribution in [0.25, 0.3) is 0 Å². The number of carboxylic acid groups (broad SMARTS) is 1. The van der Waals surface area contributed by atoms with Gasteiger partial charge in [0.15, 0.2) is 5.60 Å². The number of hydrogen-bond donors (Lipinski definition) is 1. The standard InChI is InChI=1S/C11H19NO3/c1-2-15-11(10(13)14)6-3-7-12(8-11)9-4-5-9/h9H,2-8H2,1H3,(H,13,14). The zero-order valence-corrected chi connectivity index (χ0v) is 9.24. The van der Waals surface area contributed by atoms with Gasteiger partial charge in [-0.2, -0.15) is 0 Å². The average molecular weight is 213 g/mol. The molecule has 1 unspecified atom stereocenters. The maximum absolute atomic E-state index is 11.3. The van der Waals surface area contributed by atoms with E-state index in [-0.39, 0.29) is 0 Å². The number of likely N-dealkylation sites (tertiary alicyclic amines) is 1. The fourth-order valence-electron chi connectivity index (χ4n) is 2.44. The van der Waals surface area contributed by atoms with Crippen molar-refractivity contribution in [1.82, 2.24) is 4.90 Å². The van der Waals surface area contributed by atoms with Crippen molar-refractivity contribution in [1.29, 1.82) is 0 Å². The van der Waals surface area contributed by atoms with Crippen molar-refractivity contribution in [2.75, 3.05) is 19.7 Å². The van der Waals surface area contributed by atoms with E-state index in [4.69, 9.17) is 4.74 Å². The van der Waals surface area contributed by atoms with Gasteiger partial charge in [0.05, 0.1) is 0 Å². The van der Waals surface area contributed by atoms with E-state index in [0.29, 0.717) is 25.6 Å². The van der Waals surface area contributed by atoms with Crippen LogP contribution in [0.1, 0.15) is 32.6 Å². The lowest BCUT2D eigenvalue weighted by molar-refractivity contribution is -0.173. The second kappa shape index (κ2) is 4.10. The van der Waals surface area contributed by atoms with E-state index in [0.717, 1.165) is 13.0 Å². The summed E-state index contributed by atoms with van der Waals surface area (Å²) >= 11 is 0. The average Bonchev–Trinajstić information content (AvgIpc) is 3.01. The third-order valence-electron chi connectivity index (χ3n) is 3.36. The van der Waals surface area contributed by atoms with E-state index >= 15 is 0 Å². The van der Waals surface area contributed by atoms with Crippen LogP contribution >= 0.6 is 0 Å². The summed E-state index contributed by atoms with van der Waals surface area (Å²) in [6.45, 7) is 3.94. The summed E-state index contributed by atoms with van der Waals surface area (Å²) in [5.74, 6) is -0.797. The van der Waals surface area contributed by atoms with Gasteiger partial charge in [-0.05, 0) is 39.2 Å². The minimum absolute atomic E-state index is 0.477. The van der Waals surface area contributed by atoms with Gasteiger partial charge in [0, 0.05) is 19.2 Å². The molecule has 86 valence electrons. The van der Waals surface area contributed by atoms with Crippen LogP contribution in [0.4, 0.5) is 0 Å². The molecular formula is C11H19NO3. The molecule has 1 aliphatic carbocycles. The molecule has 15 heavy (non-hydrogen) atoms. The lowest BCUT2D eigenvalue weighted by Crippen LogP contribution is -2.55. The lowest BCUT2D eigenvalue weighted by atomic mass is 9.92.